The number of carboxylic acids is 1. The van der Waals surface area contributed by atoms with Crippen molar-refractivity contribution in [2.24, 2.45) is 0 Å². The van der Waals surface area contributed by atoms with Gasteiger partial charge in [0.2, 0.25) is 0 Å². The zero-order chi connectivity index (χ0) is 15.1. The summed E-state index contributed by atoms with van der Waals surface area (Å²) in [5, 5.41) is 9.44. The van der Waals surface area contributed by atoms with Gasteiger partial charge in [-0.05, 0) is 23.8 Å². The molecule has 0 spiro atoms. The van der Waals surface area contributed by atoms with Crippen LogP contribution in [0.4, 0.5) is 0 Å². The number of hydrogen-bond donors (Lipinski definition) is 1. The molecule has 0 aliphatic carbocycles. The fraction of sp³-hybridized carbons (Fsp3) is 0.118. The molecule has 0 bridgehead atoms. The number of carboxylic acid groups (broad SMARTS) is 1. The molecule has 0 saturated carbocycles. The quantitative estimate of drug-likeness (QED) is 0.626. The lowest BCUT2D eigenvalue weighted by molar-refractivity contribution is -0.198. The Kier molecular flexibility index (Phi) is 4.74. The molecule has 2 aromatic carbocycles. The topological polar surface area (TPSA) is 55.8 Å². The Bertz CT molecular complexity index is 595. The molecule has 1 atom stereocenters. The molecule has 0 heterocycles. The van der Waals surface area contributed by atoms with Crippen molar-refractivity contribution < 1.29 is 19.4 Å². The van der Waals surface area contributed by atoms with Gasteiger partial charge in [0.25, 0.3) is 0 Å². The first-order chi connectivity index (χ1) is 10.2. The van der Waals surface area contributed by atoms with E-state index in [0.29, 0.717) is 5.75 Å². The zero-order valence-corrected chi connectivity index (χ0v) is 11.4. The molecule has 4 nitrogen and oxygen atoms in total. The van der Waals surface area contributed by atoms with E-state index in [1.165, 1.54) is 0 Å². The summed E-state index contributed by atoms with van der Waals surface area (Å²) in [6, 6.07) is 17.9. The maximum Gasteiger partial charge on any atom is 0.381 e. The molecule has 0 fully saturated rings. The van der Waals surface area contributed by atoms with Gasteiger partial charge in [0, 0.05) is 0 Å². The number of carbonyl (C=O) groups is 1. The second kappa shape index (κ2) is 6.72. The van der Waals surface area contributed by atoms with Crippen LogP contribution in [0, 0.1) is 0 Å². The molecular formula is C17H16O4. The Balaban J connectivity index is 2.17. The van der Waals surface area contributed by atoms with Crippen molar-refractivity contribution in [3.8, 4) is 5.75 Å². The molecule has 21 heavy (non-hydrogen) atoms. The van der Waals surface area contributed by atoms with Crippen LogP contribution < -0.4 is 4.74 Å². The van der Waals surface area contributed by atoms with Crippen LogP contribution in [0.25, 0.3) is 0 Å². The number of aliphatic carboxylic acids is 1. The van der Waals surface area contributed by atoms with E-state index < -0.39 is 11.8 Å². The van der Waals surface area contributed by atoms with Crippen molar-refractivity contribution in [1.82, 2.24) is 0 Å². The summed E-state index contributed by atoms with van der Waals surface area (Å²) in [5.74, 6) is -2.78. The van der Waals surface area contributed by atoms with E-state index >= 15 is 0 Å². The third kappa shape index (κ3) is 3.70. The summed E-state index contributed by atoms with van der Waals surface area (Å²) in [7, 11) is 0. The average Bonchev–Trinajstić information content (AvgIpc) is 2.53. The Morgan fingerprint density at radius 1 is 1.10 bits per heavy atom. The molecule has 0 radical (unpaired) electrons. The Hall–Kier alpha value is -2.59. The van der Waals surface area contributed by atoms with Gasteiger partial charge in [0.05, 0.1) is 6.61 Å². The van der Waals surface area contributed by atoms with Crippen LogP contribution in [0.1, 0.15) is 5.56 Å². The maximum absolute atomic E-state index is 11.6. The van der Waals surface area contributed by atoms with E-state index in [1.807, 2.05) is 36.4 Å². The van der Waals surface area contributed by atoms with E-state index in [9.17, 15) is 9.90 Å². The lowest BCUT2D eigenvalue weighted by atomic mass is 10.2. The third-order valence-corrected chi connectivity index (χ3v) is 2.88. The molecule has 2 rings (SSSR count). The minimum absolute atomic E-state index is 0.103. The van der Waals surface area contributed by atoms with Crippen molar-refractivity contribution in [3.63, 3.8) is 0 Å². The van der Waals surface area contributed by atoms with Gasteiger partial charge in [-0.1, -0.05) is 55.1 Å². The largest absolute Gasteiger partial charge is 0.476 e. The van der Waals surface area contributed by atoms with Gasteiger partial charge in [-0.15, -0.1) is 0 Å². The first-order valence-electron chi connectivity index (χ1n) is 6.45. The van der Waals surface area contributed by atoms with Crippen LogP contribution in [0.2, 0.25) is 0 Å². The van der Waals surface area contributed by atoms with Gasteiger partial charge in [-0.2, -0.15) is 0 Å². The number of hydrogen-bond acceptors (Lipinski definition) is 3. The first kappa shape index (κ1) is 14.8. The zero-order valence-electron chi connectivity index (χ0n) is 11.4. The molecule has 0 aliphatic rings. The van der Waals surface area contributed by atoms with Gasteiger partial charge in [0.15, 0.2) is 0 Å². The SMILES string of the molecule is C=CC(OCc1ccccc1)(Oc1ccccc1)C(=O)O. The van der Waals surface area contributed by atoms with Gasteiger partial charge >= 0.3 is 11.8 Å². The lowest BCUT2D eigenvalue weighted by Crippen LogP contribution is -2.45. The highest BCUT2D eigenvalue weighted by atomic mass is 16.7. The number of benzene rings is 2. The van der Waals surface area contributed by atoms with Gasteiger partial charge in [-0.25, -0.2) is 4.79 Å². The summed E-state index contributed by atoms with van der Waals surface area (Å²) in [5.41, 5.74) is 0.849. The average molecular weight is 284 g/mol. The van der Waals surface area contributed by atoms with Crippen LogP contribution in [0.3, 0.4) is 0 Å². The van der Waals surface area contributed by atoms with Crippen LogP contribution in [0.15, 0.2) is 73.3 Å². The van der Waals surface area contributed by atoms with Crippen molar-refractivity contribution in [2.45, 2.75) is 12.4 Å². The van der Waals surface area contributed by atoms with Crippen LogP contribution in [0.5, 0.6) is 5.75 Å². The summed E-state index contributed by atoms with van der Waals surface area (Å²) in [6.45, 7) is 3.64. The normalized spacial score (nSPS) is 13.1. The third-order valence-electron chi connectivity index (χ3n) is 2.88. The molecule has 108 valence electrons. The van der Waals surface area contributed by atoms with Gasteiger partial charge in [-0.3, -0.25) is 0 Å². The standard InChI is InChI=1S/C17H16O4/c1-2-17(16(18)19,21-15-11-7-4-8-12-15)20-13-14-9-5-3-6-10-14/h2-12H,1,13H2,(H,18,19). The van der Waals surface area contributed by atoms with Crippen molar-refractivity contribution >= 4 is 5.97 Å². The highest BCUT2D eigenvalue weighted by Gasteiger charge is 2.39. The molecule has 4 heteroatoms. The minimum atomic E-state index is -1.92. The number of para-hydroxylation sites is 1. The van der Waals surface area contributed by atoms with Crippen molar-refractivity contribution in [1.29, 1.82) is 0 Å². The van der Waals surface area contributed by atoms with E-state index in [1.54, 1.807) is 24.3 Å². The van der Waals surface area contributed by atoms with Gasteiger partial charge < -0.3 is 14.6 Å². The molecule has 0 aliphatic heterocycles. The fourth-order valence-corrected chi connectivity index (χ4v) is 1.75. The lowest BCUT2D eigenvalue weighted by Gasteiger charge is -2.27. The van der Waals surface area contributed by atoms with E-state index in [-0.39, 0.29) is 6.61 Å². The number of rotatable bonds is 7. The van der Waals surface area contributed by atoms with Crippen LogP contribution in [-0.4, -0.2) is 16.9 Å². The van der Waals surface area contributed by atoms with Crippen LogP contribution in [-0.2, 0) is 16.1 Å². The predicted molar refractivity (Wildman–Crippen MR) is 78.9 cm³/mol. The second-order valence-corrected chi connectivity index (χ2v) is 4.37. The maximum atomic E-state index is 11.6. The highest BCUT2D eigenvalue weighted by molar-refractivity contribution is 5.78. The summed E-state index contributed by atoms with van der Waals surface area (Å²) in [4.78, 5) is 11.6. The molecule has 2 aromatic rings. The second-order valence-electron chi connectivity index (χ2n) is 4.37. The molecule has 0 saturated heterocycles. The molecule has 1 N–H and O–H groups in total. The minimum Gasteiger partial charge on any atom is -0.476 e. The summed E-state index contributed by atoms with van der Waals surface area (Å²) < 4.78 is 11.0. The Morgan fingerprint density at radius 3 is 2.19 bits per heavy atom. The molecular weight excluding hydrogens is 268 g/mol. The molecule has 0 amide bonds. The molecule has 0 aromatic heterocycles. The van der Waals surface area contributed by atoms with Crippen LogP contribution >= 0.6 is 0 Å². The van der Waals surface area contributed by atoms with E-state index in [4.69, 9.17) is 9.47 Å². The molecule has 1 unspecified atom stereocenters. The fourth-order valence-electron chi connectivity index (χ4n) is 1.75. The highest BCUT2D eigenvalue weighted by Crippen LogP contribution is 2.22. The smallest absolute Gasteiger partial charge is 0.381 e. The van der Waals surface area contributed by atoms with Gasteiger partial charge in [0.1, 0.15) is 5.75 Å². The van der Waals surface area contributed by atoms with E-state index in [2.05, 4.69) is 6.58 Å². The van der Waals surface area contributed by atoms with E-state index in [0.717, 1.165) is 11.6 Å². The Labute approximate surface area is 123 Å². The number of ether oxygens (including phenoxy) is 2. The first-order valence-corrected chi connectivity index (χ1v) is 6.45. The summed E-state index contributed by atoms with van der Waals surface area (Å²) >= 11 is 0. The predicted octanol–water partition coefficient (Wildman–Crippen LogP) is 3.25. The summed E-state index contributed by atoms with van der Waals surface area (Å²) in [6.07, 6.45) is 1.14. The van der Waals surface area contributed by atoms with Crippen molar-refractivity contribution in [2.75, 3.05) is 0 Å². The monoisotopic (exact) mass is 284 g/mol. The Morgan fingerprint density at radius 2 is 1.67 bits per heavy atom. The van der Waals surface area contributed by atoms with Crippen molar-refractivity contribution in [3.05, 3.63) is 78.9 Å².